The third kappa shape index (κ3) is 2.57. The van der Waals surface area contributed by atoms with E-state index < -0.39 is 0 Å². The van der Waals surface area contributed by atoms with E-state index in [-0.39, 0.29) is 0 Å². The van der Waals surface area contributed by atoms with Crippen molar-refractivity contribution in [3.8, 4) is 5.75 Å². The standard InChI is InChI=1S/C11H11NO2/c1-3-6-14-11-7-9(2)4-5-10(11)12-8-13/h3-5,7H,1,6H2,2H3. The van der Waals surface area contributed by atoms with Crippen LogP contribution in [0.15, 0.2) is 35.8 Å². The summed E-state index contributed by atoms with van der Waals surface area (Å²) in [6.07, 6.45) is 3.13. The van der Waals surface area contributed by atoms with E-state index in [2.05, 4.69) is 11.6 Å². The van der Waals surface area contributed by atoms with Gasteiger partial charge in [0.1, 0.15) is 18.0 Å². The molecule has 1 rings (SSSR count). The van der Waals surface area contributed by atoms with E-state index in [0.717, 1.165) is 5.56 Å². The van der Waals surface area contributed by atoms with Gasteiger partial charge in [0.15, 0.2) is 0 Å². The van der Waals surface area contributed by atoms with Gasteiger partial charge in [-0.2, -0.15) is 4.99 Å². The van der Waals surface area contributed by atoms with Gasteiger partial charge < -0.3 is 4.74 Å². The Labute approximate surface area is 82.7 Å². The summed E-state index contributed by atoms with van der Waals surface area (Å²) in [5, 5.41) is 0. The molecule has 0 radical (unpaired) electrons. The Morgan fingerprint density at radius 2 is 2.43 bits per heavy atom. The summed E-state index contributed by atoms with van der Waals surface area (Å²) < 4.78 is 5.33. The first-order valence-corrected chi connectivity index (χ1v) is 4.20. The second-order valence-electron chi connectivity index (χ2n) is 2.77. The van der Waals surface area contributed by atoms with Gasteiger partial charge in [0.05, 0.1) is 0 Å². The van der Waals surface area contributed by atoms with Crippen molar-refractivity contribution in [3.05, 3.63) is 36.4 Å². The molecule has 0 bridgehead atoms. The van der Waals surface area contributed by atoms with Gasteiger partial charge in [-0.1, -0.05) is 18.7 Å². The maximum Gasteiger partial charge on any atom is 0.240 e. The van der Waals surface area contributed by atoms with E-state index in [0.29, 0.717) is 18.0 Å². The van der Waals surface area contributed by atoms with Crippen molar-refractivity contribution in [1.29, 1.82) is 0 Å². The zero-order chi connectivity index (χ0) is 10.4. The van der Waals surface area contributed by atoms with Crippen LogP contribution in [0.25, 0.3) is 0 Å². The second kappa shape index (κ2) is 5.00. The van der Waals surface area contributed by atoms with E-state index in [1.807, 2.05) is 19.1 Å². The lowest BCUT2D eigenvalue weighted by Gasteiger charge is -2.06. The zero-order valence-electron chi connectivity index (χ0n) is 7.99. The highest BCUT2D eigenvalue weighted by molar-refractivity contribution is 5.58. The average molecular weight is 189 g/mol. The van der Waals surface area contributed by atoms with Crippen LogP contribution in [-0.4, -0.2) is 12.7 Å². The van der Waals surface area contributed by atoms with Crippen molar-refractivity contribution in [2.75, 3.05) is 6.61 Å². The molecule has 0 saturated carbocycles. The molecule has 1 aromatic rings. The molecule has 0 saturated heterocycles. The number of nitrogens with zero attached hydrogens (tertiary/aromatic N) is 1. The lowest BCUT2D eigenvalue weighted by atomic mass is 10.2. The summed E-state index contributed by atoms with van der Waals surface area (Å²) in [6.45, 7) is 5.87. The molecule has 3 nitrogen and oxygen atoms in total. The Morgan fingerprint density at radius 3 is 3.07 bits per heavy atom. The Kier molecular flexibility index (Phi) is 3.65. The predicted molar refractivity (Wildman–Crippen MR) is 54.7 cm³/mol. The lowest BCUT2D eigenvalue weighted by molar-refractivity contribution is 0.364. The lowest BCUT2D eigenvalue weighted by Crippen LogP contribution is -1.93. The highest BCUT2D eigenvalue weighted by Crippen LogP contribution is 2.27. The number of hydrogen-bond donors (Lipinski definition) is 0. The Bertz CT molecular complexity index is 379. The summed E-state index contributed by atoms with van der Waals surface area (Å²) >= 11 is 0. The minimum absolute atomic E-state index is 0.394. The summed E-state index contributed by atoms with van der Waals surface area (Å²) in [6, 6.07) is 5.40. The molecular formula is C11H11NO2. The largest absolute Gasteiger partial charge is 0.487 e. The molecule has 1 aromatic carbocycles. The molecule has 0 heterocycles. The number of carbonyl (C=O) groups excluding carboxylic acids is 1. The molecule has 0 aliphatic rings. The number of benzene rings is 1. The van der Waals surface area contributed by atoms with Gasteiger partial charge in [-0.3, -0.25) is 0 Å². The number of aryl methyl sites for hydroxylation is 1. The second-order valence-corrected chi connectivity index (χ2v) is 2.77. The molecule has 72 valence electrons. The van der Waals surface area contributed by atoms with Crippen molar-refractivity contribution in [3.63, 3.8) is 0 Å². The van der Waals surface area contributed by atoms with Gasteiger partial charge in [0, 0.05) is 0 Å². The molecule has 0 atom stereocenters. The summed E-state index contributed by atoms with van der Waals surface area (Å²) in [4.78, 5) is 13.7. The molecule has 0 aliphatic heterocycles. The van der Waals surface area contributed by atoms with Crippen molar-refractivity contribution in [1.82, 2.24) is 0 Å². The van der Waals surface area contributed by atoms with Crippen LogP contribution >= 0.6 is 0 Å². The third-order valence-electron chi connectivity index (χ3n) is 1.64. The molecule has 0 amide bonds. The van der Waals surface area contributed by atoms with E-state index >= 15 is 0 Å². The van der Waals surface area contributed by atoms with Crippen molar-refractivity contribution in [2.45, 2.75) is 6.92 Å². The normalized spacial score (nSPS) is 8.93. The van der Waals surface area contributed by atoms with Gasteiger partial charge in [-0.05, 0) is 24.6 Å². The minimum atomic E-state index is 0.394. The number of hydrogen-bond acceptors (Lipinski definition) is 3. The summed E-state index contributed by atoms with van der Waals surface area (Å²) in [7, 11) is 0. The predicted octanol–water partition coefficient (Wildman–Crippen LogP) is 2.53. The van der Waals surface area contributed by atoms with Crippen molar-refractivity contribution in [2.24, 2.45) is 4.99 Å². The number of rotatable bonds is 4. The molecule has 0 fully saturated rings. The SMILES string of the molecule is C=CCOc1cc(C)ccc1N=C=O. The molecule has 0 spiro atoms. The van der Waals surface area contributed by atoms with Gasteiger partial charge in [0.2, 0.25) is 6.08 Å². The molecule has 3 heteroatoms. The molecule has 0 unspecified atom stereocenters. The van der Waals surface area contributed by atoms with Crippen LogP contribution in [0.5, 0.6) is 5.75 Å². The van der Waals surface area contributed by atoms with Gasteiger partial charge in [-0.25, -0.2) is 4.79 Å². The van der Waals surface area contributed by atoms with E-state index in [4.69, 9.17) is 4.74 Å². The van der Waals surface area contributed by atoms with Crippen LogP contribution in [0.1, 0.15) is 5.56 Å². The van der Waals surface area contributed by atoms with Crippen LogP contribution in [0.2, 0.25) is 0 Å². The fourth-order valence-corrected chi connectivity index (χ4v) is 1.03. The Balaban J connectivity index is 3.01. The van der Waals surface area contributed by atoms with Crippen molar-refractivity contribution >= 4 is 11.8 Å². The molecule has 0 N–H and O–H groups in total. The first-order valence-electron chi connectivity index (χ1n) is 4.20. The van der Waals surface area contributed by atoms with E-state index in [1.54, 1.807) is 12.1 Å². The highest BCUT2D eigenvalue weighted by Gasteiger charge is 2.01. The van der Waals surface area contributed by atoms with Crippen LogP contribution in [0.3, 0.4) is 0 Å². The van der Waals surface area contributed by atoms with Gasteiger partial charge in [-0.15, -0.1) is 0 Å². The monoisotopic (exact) mass is 189 g/mol. The molecular weight excluding hydrogens is 178 g/mol. The van der Waals surface area contributed by atoms with E-state index in [9.17, 15) is 4.79 Å². The summed E-state index contributed by atoms with van der Waals surface area (Å²) in [5.74, 6) is 0.577. The number of isocyanates is 1. The fourth-order valence-electron chi connectivity index (χ4n) is 1.03. The quantitative estimate of drug-likeness (QED) is 0.414. The zero-order valence-corrected chi connectivity index (χ0v) is 7.99. The van der Waals surface area contributed by atoms with Crippen LogP contribution < -0.4 is 4.74 Å². The average Bonchev–Trinajstić information content (AvgIpc) is 2.18. The van der Waals surface area contributed by atoms with Crippen LogP contribution in [-0.2, 0) is 4.79 Å². The third-order valence-corrected chi connectivity index (χ3v) is 1.64. The minimum Gasteiger partial charge on any atom is -0.487 e. The van der Waals surface area contributed by atoms with Crippen LogP contribution in [0, 0.1) is 6.92 Å². The number of ether oxygens (including phenoxy) is 1. The topological polar surface area (TPSA) is 38.7 Å². The maximum absolute atomic E-state index is 10.1. The Morgan fingerprint density at radius 1 is 1.64 bits per heavy atom. The smallest absolute Gasteiger partial charge is 0.240 e. The number of aliphatic imine (C=N–C) groups is 1. The first-order chi connectivity index (χ1) is 6.77. The van der Waals surface area contributed by atoms with Crippen LogP contribution in [0.4, 0.5) is 5.69 Å². The van der Waals surface area contributed by atoms with Gasteiger partial charge in [0.25, 0.3) is 0 Å². The summed E-state index contributed by atoms with van der Waals surface area (Å²) in [5.41, 5.74) is 1.54. The first kappa shape index (κ1) is 10.2. The van der Waals surface area contributed by atoms with Gasteiger partial charge >= 0.3 is 0 Å². The Hall–Kier alpha value is -1.86. The molecule has 0 aliphatic carbocycles. The van der Waals surface area contributed by atoms with Crippen molar-refractivity contribution < 1.29 is 9.53 Å². The maximum atomic E-state index is 10.1. The fraction of sp³-hybridized carbons (Fsp3) is 0.182. The molecule has 14 heavy (non-hydrogen) atoms. The highest BCUT2D eigenvalue weighted by atomic mass is 16.5. The van der Waals surface area contributed by atoms with E-state index in [1.165, 1.54) is 6.08 Å². The molecule has 0 aromatic heterocycles.